The number of aromatic nitrogens is 7. The number of ether oxygens (including phenoxy) is 1. The van der Waals surface area contributed by atoms with E-state index in [0.717, 1.165) is 52.2 Å². The first-order valence-electron chi connectivity index (χ1n) is 13.7. The smallest absolute Gasteiger partial charge is 0.411 e. The predicted molar refractivity (Wildman–Crippen MR) is 156 cm³/mol. The highest BCUT2D eigenvalue weighted by atomic mass is 16.5. The molecule has 0 saturated heterocycles. The standard InChI is InChI=1S/C30H30N8O4/c1-19-4-10-26(37-18-32-34-35-37)24(14-19)21-15-23-9-11-27(38(23)28(39)16-21)29-31-17-25(33-29)20-5-7-22(8-6-20)36(30(40)41)12-3-13-42-2/h4-8,10,14-18,27H,3,9,11-13H2,1-2H3,(H,31,33)(H,40,41)/t27-/m0/s1. The summed E-state index contributed by atoms with van der Waals surface area (Å²) in [5, 5.41) is 21.2. The van der Waals surface area contributed by atoms with Gasteiger partial charge in [-0.1, -0.05) is 23.8 Å². The van der Waals surface area contributed by atoms with E-state index in [1.54, 1.807) is 36.2 Å². The number of carbonyl (C=O) groups is 1. The molecule has 0 spiro atoms. The van der Waals surface area contributed by atoms with Crippen LogP contribution in [-0.4, -0.2) is 66.2 Å². The largest absolute Gasteiger partial charge is 0.465 e. The van der Waals surface area contributed by atoms with E-state index < -0.39 is 6.09 Å². The van der Waals surface area contributed by atoms with Crippen LogP contribution >= 0.6 is 0 Å². The van der Waals surface area contributed by atoms with E-state index in [4.69, 9.17) is 4.74 Å². The van der Waals surface area contributed by atoms with Crippen LogP contribution in [0.1, 0.15) is 36.0 Å². The summed E-state index contributed by atoms with van der Waals surface area (Å²) in [6, 6.07) is 16.8. The highest BCUT2D eigenvalue weighted by Gasteiger charge is 2.28. The Kier molecular flexibility index (Phi) is 7.36. The number of amides is 1. The van der Waals surface area contributed by atoms with Gasteiger partial charge >= 0.3 is 6.09 Å². The fraction of sp³-hybridized carbons (Fsp3) is 0.267. The summed E-state index contributed by atoms with van der Waals surface area (Å²) >= 11 is 0. The third-order valence-electron chi connectivity index (χ3n) is 7.55. The minimum Gasteiger partial charge on any atom is -0.465 e. The zero-order chi connectivity index (χ0) is 29.2. The molecule has 2 aromatic carbocycles. The molecule has 3 aromatic heterocycles. The number of benzene rings is 2. The van der Waals surface area contributed by atoms with Crippen molar-refractivity contribution in [1.82, 2.24) is 34.7 Å². The van der Waals surface area contributed by atoms with Crippen molar-refractivity contribution in [2.75, 3.05) is 25.2 Å². The summed E-state index contributed by atoms with van der Waals surface area (Å²) in [6.07, 6.45) is 4.36. The van der Waals surface area contributed by atoms with Gasteiger partial charge in [0.15, 0.2) is 0 Å². The highest BCUT2D eigenvalue weighted by molar-refractivity contribution is 5.86. The van der Waals surface area contributed by atoms with Gasteiger partial charge in [-0.15, -0.1) is 5.10 Å². The lowest BCUT2D eigenvalue weighted by Crippen LogP contribution is -2.30. The van der Waals surface area contributed by atoms with E-state index in [0.29, 0.717) is 31.1 Å². The number of aryl methyl sites for hydroxylation is 2. The maximum absolute atomic E-state index is 13.5. The number of anilines is 1. The van der Waals surface area contributed by atoms with Crippen molar-refractivity contribution in [3.8, 4) is 28.1 Å². The van der Waals surface area contributed by atoms with E-state index in [1.807, 2.05) is 41.8 Å². The number of nitrogens with zero attached hydrogens (tertiary/aromatic N) is 7. The Bertz CT molecular complexity index is 1780. The van der Waals surface area contributed by atoms with Gasteiger partial charge in [-0.05, 0) is 78.1 Å². The van der Waals surface area contributed by atoms with Gasteiger partial charge in [0.05, 0.1) is 23.6 Å². The Morgan fingerprint density at radius 1 is 1.14 bits per heavy atom. The number of aromatic amines is 1. The molecule has 0 radical (unpaired) electrons. The second kappa shape index (κ2) is 11.4. The SMILES string of the molecule is COCCCN(C(=O)O)c1ccc(-c2cnc([C@@H]3CCc4cc(-c5cc(C)ccc5-n5cnnn5)cc(=O)n43)[nH]2)cc1. The lowest BCUT2D eigenvalue weighted by atomic mass is 10.0. The molecule has 0 bridgehead atoms. The molecule has 1 atom stereocenters. The first-order chi connectivity index (χ1) is 20.4. The average Bonchev–Trinajstić information content (AvgIpc) is 3.76. The van der Waals surface area contributed by atoms with E-state index in [9.17, 15) is 14.7 Å². The Morgan fingerprint density at radius 2 is 1.98 bits per heavy atom. The van der Waals surface area contributed by atoms with Crippen molar-refractivity contribution in [3.05, 3.63) is 94.6 Å². The summed E-state index contributed by atoms with van der Waals surface area (Å²) in [5.74, 6) is 0.708. The predicted octanol–water partition coefficient (Wildman–Crippen LogP) is 4.25. The van der Waals surface area contributed by atoms with Gasteiger partial charge < -0.3 is 19.4 Å². The summed E-state index contributed by atoms with van der Waals surface area (Å²) in [4.78, 5) is 34.6. The molecule has 5 aromatic rings. The third-order valence-corrected chi connectivity index (χ3v) is 7.55. The normalized spacial score (nSPS) is 14.2. The number of pyridine rings is 1. The average molecular weight is 567 g/mol. The third kappa shape index (κ3) is 5.19. The van der Waals surface area contributed by atoms with Crippen LogP contribution in [-0.2, 0) is 11.2 Å². The number of fused-ring (bicyclic) bond motifs is 1. The quantitative estimate of drug-likeness (QED) is 0.252. The Morgan fingerprint density at radius 3 is 2.71 bits per heavy atom. The van der Waals surface area contributed by atoms with Crippen molar-refractivity contribution < 1.29 is 14.6 Å². The zero-order valence-electron chi connectivity index (χ0n) is 23.3. The van der Waals surface area contributed by atoms with Gasteiger partial charge in [0.1, 0.15) is 12.2 Å². The van der Waals surface area contributed by atoms with Crippen LogP contribution in [0.3, 0.4) is 0 Å². The summed E-state index contributed by atoms with van der Waals surface area (Å²) in [5.41, 5.74) is 6.66. The van der Waals surface area contributed by atoms with Crippen molar-refractivity contribution >= 4 is 11.8 Å². The number of hydrogen-bond acceptors (Lipinski definition) is 7. The van der Waals surface area contributed by atoms with Gasteiger partial charge in [0.25, 0.3) is 5.56 Å². The van der Waals surface area contributed by atoms with Crippen molar-refractivity contribution in [3.63, 3.8) is 0 Å². The van der Waals surface area contributed by atoms with Crippen molar-refractivity contribution in [2.45, 2.75) is 32.2 Å². The molecular weight excluding hydrogens is 536 g/mol. The molecule has 4 heterocycles. The molecule has 42 heavy (non-hydrogen) atoms. The number of methoxy groups -OCH3 is 1. The Hall–Kier alpha value is -5.10. The van der Waals surface area contributed by atoms with Gasteiger partial charge in [0, 0.05) is 43.3 Å². The Labute approximate surface area is 241 Å². The fourth-order valence-corrected chi connectivity index (χ4v) is 5.54. The molecule has 2 N–H and O–H groups in total. The molecule has 0 aliphatic carbocycles. The van der Waals surface area contributed by atoms with Gasteiger partial charge in [-0.3, -0.25) is 9.69 Å². The number of rotatable bonds is 9. The number of tetrazole rings is 1. The molecule has 0 saturated carbocycles. The van der Waals surface area contributed by atoms with E-state index in [1.165, 1.54) is 11.2 Å². The molecule has 12 nitrogen and oxygen atoms in total. The summed E-state index contributed by atoms with van der Waals surface area (Å²) < 4.78 is 8.46. The van der Waals surface area contributed by atoms with E-state index in [2.05, 4.69) is 31.6 Å². The lowest BCUT2D eigenvalue weighted by Gasteiger charge is -2.19. The number of imidazole rings is 1. The first-order valence-corrected chi connectivity index (χ1v) is 13.7. The minimum absolute atomic E-state index is 0.0984. The number of carboxylic acid groups (broad SMARTS) is 1. The van der Waals surface area contributed by atoms with Crippen LogP contribution in [0.4, 0.5) is 10.5 Å². The van der Waals surface area contributed by atoms with Crippen LogP contribution in [0.15, 0.2) is 71.9 Å². The van der Waals surface area contributed by atoms with Crippen molar-refractivity contribution in [2.24, 2.45) is 0 Å². The molecular formula is C30H30N8O4. The molecule has 1 aliphatic heterocycles. The van der Waals surface area contributed by atoms with Crippen LogP contribution in [0.5, 0.6) is 0 Å². The monoisotopic (exact) mass is 566 g/mol. The zero-order valence-corrected chi connectivity index (χ0v) is 23.3. The maximum Gasteiger partial charge on any atom is 0.411 e. The molecule has 0 unspecified atom stereocenters. The second-order valence-corrected chi connectivity index (χ2v) is 10.3. The summed E-state index contributed by atoms with van der Waals surface area (Å²) in [7, 11) is 1.59. The van der Waals surface area contributed by atoms with Crippen LogP contribution < -0.4 is 10.5 Å². The second-order valence-electron chi connectivity index (χ2n) is 10.3. The van der Waals surface area contributed by atoms with E-state index >= 15 is 0 Å². The topological polar surface area (TPSA) is 144 Å². The molecule has 214 valence electrons. The number of H-pyrrole nitrogens is 1. The number of hydrogen-bond donors (Lipinski definition) is 2. The molecule has 6 rings (SSSR count). The van der Waals surface area contributed by atoms with Crippen LogP contribution in [0.2, 0.25) is 0 Å². The Balaban J connectivity index is 1.26. The minimum atomic E-state index is -1.01. The van der Waals surface area contributed by atoms with Gasteiger partial charge in [-0.2, -0.15) is 4.68 Å². The molecule has 12 heteroatoms. The van der Waals surface area contributed by atoms with Gasteiger partial charge in [-0.25, -0.2) is 9.78 Å². The fourth-order valence-electron chi connectivity index (χ4n) is 5.54. The summed E-state index contributed by atoms with van der Waals surface area (Å²) in [6.45, 7) is 2.84. The first kappa shape index (κ1) is 27.1. The molecule has 0 fully saturated rings. The highest BCUT2D eigenvalue weighted by Crippen LogP contribution is 2.34. The van der Waals surface area contributed by atoms with Crippen LogP contribution in [0, 0.1) is 6.92 Å². The molecule has 1 amide bonds. The molecule has 1 aliphatic rings. The maximum atomic E-state index is 13.5. The lowest BCUT2D eigenvalue weighted by molar-refractivity contribution is 0.189. The van der Waals surface area contributed by atoms with Gasteiger partial charge in [0.2, 0.25) is 0 Å². The van der Waals surface area contributed by atoms with E-state index in [-0.39, 0.29) is 11.6 Å². The number of nitrogens with one attached hydrogen (secondary N) is 1. The van der Waals surface area contributed by atoms with Crippen molar-refractivity contribution in [1.29, 1.82) is 0 Å². The van der Waals surface area contributed by atoms with Crippen LogP contribution in [0.25, 0.3) is 28.1 Å².